The van der Waals surface area contributed by atoms with Gasteiger partial charge in [-0.15, -0.1) is 0 Å². The Morgan fingerprint density at radius 2 is 0.727 bits per heavy atom. The average Bonchev–Trinajstić information content (AvgIpc) is 3.66. The van der Waals surface area contributed by atoms with Crippen molar-refractivity contribution in [2.75, 3.05) is 40.9 Å². The number of phosphoric acid groups is 1. The lowest BCUT2D eigenvalue weighted by Crippen LogP contribution is -2.47. The van der Waals surface area contributed by atoms with Crippen molar-refractivity contribution in [2.24, 2.45) is 0 Å². The lowest BCUT2D eigenvalue weighted by molar-refractivity contribution is -0.870. The Kier molecular flexibility index (Phi) is 63.6. The number of carbonyl (C=O) groups excluding carboxylic acids is 2. The molecular formula is C78H138N2O7P+. The van der Waals surface area contributed by atoms with Crippen molar-refractivity contribution in [3.8, 4) is 0 Å². The highest BCUT2D eigenvalue weighted by Crippen LogP contribution is 2.43. The molecule has 1 amide bonds. The van der Waals surface area contributed by atoms with Crippen molar-refractivity contribution in [1.82, 2.24) is 5.32 Å². The molecule has 0 saturated carbocycles. The number of hydrogen-bond donors (Lipinski definition) is 2. The van der Waals surface area contributed by atoms with Gasteiger partial charge in [0.25, 0.3) is 0 Å². The third-order valence-electron chi connectivity index (χ3n) is 15.6. The highest BCUT2D eigenvalue weighted by Gasteiger charge is 2.30. The van der Waals surface area contributed by atoms with E-state index in [2.05, 4.69) is 135 Å². The van der Waals surface area contributed by atoms with E-state index < -0.39 is 20.0 Å². The fraction of sp³-hybridized carbons (Fsp3) is 0.718. The Hall–Kier alpha value is -3.59. The number of ether oxygens (including phenoxy) is 1. The molecule has 506 valence electrons. The molecule has 3 unspecified atom stereocenters. The molecule has 0 fully saturated rings. The number of nitrogens with one attached hydrogen (secondary N) is 1. The van der Waals surface area contributed by atoms with E-state index in [9.17, 15) is 19.0 Å². The monoisotopic (exact) mass is 1250 g/mol. The molecule has 0 aliphatic heterocycles. The zero-order chi connectivity index (χ0) is 64.2. The quantitative estimate of drug-likeness (QED) is 0.0205. The lowest BCUT2D eigenvalue weighted by atomic mass is 10.0. The van der Waals surface area contributed by atoms with Gasteiger partial charge in [-0.3, -0.25) is 18.6 Å². The summed E-state index contributed by atoms with van der Waals surface area (Å²) in [5, 5.41) is 3.07. The van der Waals surface area contributed by atoms with Gasteiger partial charge in [-0.25, -0.2) is 4.57 Å². The number of phosphoric ester groups is 1. The Morgan fingerprint density at radius 1 is 0.409 bits per heavy atom. The van der Waals surface area contributed by atoms with Crippen LogP contribution in [0.2, 0.25) is 0 Å². The second-order valence-electron chi connectivity index (χ2n) is 25.4. The molecular weight excluding hydrogens is 1110 g/mol. The second-order valence-corrected chi connectivity index (χ2v) is 26.8. The molecule has 0 aromatic rings. The van der Waals surface area contributed by atoms with Crippen LogP contribution in [0.4, 0.5) is 0 Å². The maximum Gasteiger partial charge on any atom is 0.472 e. The van der Waals surface area contributed by atoms with E-state index in [0.29, 0.717) is 17.4 Å². The smallest absolute Gasteiger partial charge is 0.456 e. The Balaban J connectivity index is 5.08. The summed E-state index contributed by atoms with van der Waals surface area (Å²) in [7, 11) is 1.48. The van der Waals surface area contributed by atoms with Crippen LogP contribution in [-0.2, 0) is 27.9 Å². The first-order valence-corrected chi connectivity index (χ1v) is 37.9. The van der Waals surface area contributed by atoms with Crippen LogP contribution in [0, 0.1) is 0 Å². The summed E-state index contributed by atoms with van der Waals surface area (Å²) in [5.74, 6) is -0.521. The summed E-state index contributed by atoms with van der Waals surface area (Å²) in [6.07, 6.45) is 93.5. The van der Waals surface area contributed by atoms with E-state index in [0.717, 1.165) is 135 Å². The first-order valence-electron chi connectivity index (χ1n) is 36.4. The van der Waals surface area contributed by atoms with Crippen molar-refractivity contribution in [3.05, 3.63) is 122 Å². The first kappa shape index (κ1) is 84.4. The number of rotatable bonds is 65. The van der Waals surface area contributed by atoms with Crippen LogP contribution >= 0.6 is 7.82 Å². The molecule has 0 saturated heterocycles. The molecule has 3 atom stereocenters. The Morgan fingerprint density at radius 3 is 1.11 bits per heavy atom. The van der Waals surface area contributed by atoms with Gasteiger partial charge in [0, 0.05) is 12.8 Å². The number of nitrogens with zero attached hydrogens (tertiary/aromatic N) is 1. The van der Waals surface area contributed by atoms with E-state index in [4.69, 9.17) is 13.8 Å². The molecule has 0 aliphatic rings. The van der Waals surface area contributed by atoms with E-state index in [1.54, 1.807) is 0 Å². The van der Waals surface area contributed by atoms with Crippen LogP contribution in [0.5, 0.6) is 0 Å². The minimum absolute atomic E-state index is 0.0323. The van der Waals surface area contributed by atoms with Crippen molar-refractivity contribution in [3.63, 3.8) is 0 Å². The van der Waals surface area contributed by atoms with Crippen LogP contribution in [0.15, 0.2) is 122 Å². The van der Waals surface area contributed by atoms with Crippen molar-refractivity contribution in [1.29, 1.82) is 0 Å². The maximum atomic E-state index is 13.6. The van der Waals surface area contributed by atoms with Crippen molar-refractivity contribution < 1.29 is 37.3 Å². The van der Waals surface area contributed by atoms with Gasteiger partial charge >= 0.3 is 13.8 Å². The number of hydrogen-bond acceptors (Lipinski definition) is 6. The van der Waals surface area contributed by atoms with Gasteiger partial charge in [0.15, 0.2) is 0 Å². The normalized spacial score (nSPS) is 14.2. The Labute approximate surface area is 543 Å². The van der Waals surface area contributed by atoms with E-state index in [1.807, 2.05) is 33.3 Å². The minimum Gasteiger partial charge on any atom is -0.456 e. The summed E-state index contributed by atoms with van der Waals surface area (Å²) in [4.78, 5) is 37.9. The fourth-order valence-electron chi connectivity index (χ4n) is 10.1. The zero-order valence-corrected chi connectivity index (χ0v) is 58.8. The van der Waals surface area contributed by atoms with Gasteiger partial charge in [-0.05, 0) is 122 Å². The number of esters is 1. The van der Waals surface area contributed by atoms with Gasteiger partial charge in [-0.1, -0.05) is 297 Å². The zero-order valence-electron chi connectivity index (χ0n) is 57.9. The molecule has 9 nitrogen and oxygen atoms in total. The number of likely N-dealkylation sites (N-methyl/N-ethyl adjacent to an activating group) is 1. The maximum absolute atomic E-state index is 13.6. The topological polar surface area (TPSA) is 111 Å². The van der Waals surface area contributed by atoms with Crippen LogP contribution in [0.1, 0.15) is 310 Å². The summed E-state index contributed by atoms with van der Waals surface area (Å²) in [6.45, 7) is 6.87. The van der Waals surface area contributed by atoms with Crippen LogP contribution < -0.4 is 5.32 Å². The number of carbonyl (C=O) groups is 2. The molecule has 0 bridgehead atoms. The van der Waals surface area contributed by atoms with Gasteiger partial charge in [0.2, 0.25) is 5.91 Å². The number of unbranched alkanes of at least 4 members (excludes halogenated alkanes) is 31. The second kappa shape index (κ2) is 66.3. The summed E-state index contributed by atoms with van der Waals surface area (Å²) in [5.41, 5.74) is 0. The van der Waals surface area contributed by atoms with E-state index in [1.165, 1.54) is 141 Å². The first-order chi connectivity index (χ1) is 42.9. The van der Waals surface area contributed by atoms with Crippen LogP contribution in [0.3, 0.4) is 0 Å². The van der Waals surface area contributed by atoms with E-state index >= 15 is 0 Å². The summed E-state index contributed by atoms with van der Waals surface area (Å²) in [6, 6.07) is -0.864. The molecule has 10 heteroatoms. The molecule has 0 heterocycles. The van der Waals surface area contributed by atoms with Crippen LogP contribution in [0.25, 0.3) is 0 Å². The highest BCUT2D eigenvalue weighted by atomic mass is 31.2. The fourth-order valence-corrected chi connectivity index (χ4v) is 10.8. The Bertz CT molecular complexity index is 1920. The third kappa shape index (κ3) is 66.8. The third-order valence-corrected chi connectivity index (χ3v) is 16.6. The van der Waals surface area contributed by atoms with Gasteiger partial charge in [0.05, 0.1) is 33.8 Å². The summed E-state index contributed by atoms with van der Waals surface area (Å²) >= 11 is 0. The number of quaternary nitrogens is 1. The standard InChI is InChI=1S/C78H137N2O7P/c1-7-10-13-16-19-22-25-28-30-32-34-36-38-39-40-41-43-44-46-48-50-52-55-58-61-64-67-70-77(81)79-75(74-86-88(83,84)85-73-72-80(4,5)6)76(69-66-63-60-57-54-27-24-21-18-15-12-9-3)87-78(82)71-68-65-62-59-56-53-51-49-47-45-42-37-35-33-31-29-26-23-20-17-14-11-8-2/h10,13,19-20,22-23,28-31,34-37,39-40,45,47,66,69,75-76H,7-9,11-12,14-18,21,24-27,32-33,38,41-44,46,48-65,67-68,70-74H2,1-6H3,(H-,79,81,83,84)/p+1/b13-10-,22-19-,23-20-,30-28-,31-29-,36-34-,37-35-,40-39-,47-45-,69-66-. The van der Waals surface area contributed by atoms with Gasteiger partial charge in [0.1, 0.15) is 19.3 Å². The van der Waals surface area contributed by atoms with Gasteiger partial charge < -0.3 is 19.4 Å². The van der Waals surface area contributed by atoms with E-state index in [-0.39, 0.29) is 31.5 Å². The van der Waals surface area contributed by atoms with Crippen LogP contribution in [-0.4, -0.2) is 74.3 Å². The molecule has 0 aliphatic carbocycles. The molecule has 0 spiro atoms. The molecule has 0 radical (unpaired) electrons. The average molecular weight is 1250 g/mol. The molecule has 0 aromatic carbocycles. The van der Waals surface area contributed by atoms with Crippen molar-refractivity contribution >= 4 is 19.7 Å². The van der Waals surface area contributed by atoms with Gasteiger partial charge in [-0.2, -0.15) is 0 Å². The number of allylic oxidation sites excluding steroid dienone is 19. The molecule has 2 N–H and O–H groups in total. The van der Waals surface area contributed by atoms with Crippen molar-refractivity contribution in [2.45, 2.75) is 322 Å². The largest absolute Gasteiger partial charge is 0.472 e. The highest BCUT2D eigenvalue weighted by molar-refractivity contribution is 7.47. The lowest BCUT2D eigenvalue weighted by Gasteiger charge is -2.27. The SMILES string of the molecule is CC/C=C\C/C=C\C/C=C\C/C=C\C/C=C\CCCCCCCCCCCCCC(=O)NC(COP(=O)(O)OCC[N+](C)(C)C)C(/C=C\CCCCCCCCCCCC)OC(=O)CCCCCCCCC/C=C\C/C=C\C/C=C\C/C=C\CCCCC. The predicted octanol–water partition coefficient (Wildman–Crippen LogP) is 23.4. The minimum atomic E-state index is -4.47. The summed E-state index contributed by atoms with van der Waals surface area (Å²) < 4.78 is 30.8. The molecule has 0 aromatic heterocycles. The molecule has 0 rings (SSSR count). The number of amides is 1. The predicted molar refractivity (Wildman–Crippen MR) is 383 cm³/mol. The molecule has 88 heavy (non-hydrogen) atoms.